The third-order valence-electron chi connectivity index (χ3n) is 4.23. The van der Waals surface area contributed by atoms with Crippen LogP contribution in [0.5, 0.6) is 0 Å². The van der Waals surface area contributed by atoms with Crippen LogP contribution in [0.25, 0.3) is 5.69 Å². The Balaban J connectivity index is 2.02. The molecule has 25 heavy (non-hydrogen) atoms. The predicted octanol–water partition coefficient (Wildman–Crippen LogP) is 2.11. The maximum absolute atomic E-state index is 4.60. The van der Waals surface area contributed by atoms with Crippen LogP contribution in [0.2, 0.25) is 0 Å². The molecule has 0 saturated carbocycles. The lowest BCUT2D eigenvalue weighted by molar-refractivity contribution is 0.357. The van der Waals surface area contributed by atoms with Crippen molar-refractivity contribution in [1.29, 1.82) is 0 Å². The van der Waals surface area contributed by atoms with Gasteiger partial charge in [-0.2, -0.15) is 5.10 Å². The van der Waals surface area contributed by atoms with Crippen LogP contribution >= 0.6 is 0 Å². The van der Waals surface area contributed by atoms with Gasteiger partial charge in [-0.25, -0.2) is 4.68 Å². The van der Waals surface area contributed by atoms with E-state index in [1.54, 1.807) is 7.05 Å². The van der Waals surface area contributed by atoms with E-state index in [9.17, 15) is 0 Å². The molecule has 0 atom stereocenters. The molecule has 2 N–H and O–H groups in total. The molecule has 6 nitrogen and oxygen atoms in total. The number of benzene rings is 1. The van der Waals surface area contributed by atoms with Crippen molar-refractivity contribution in [3.8, 4) is 5.69 Å². The fraction of sp³-hybridized carbons (Fsp3) is 0.474. The second-order valence-corrected chi connectivity index (χ2v) is 6.22. The highest BCUT2D eigenvalue weighted by Gasteiger charge is 2.09. The van der Waals surface area contributed by atoms with Crippen LogP contribution < -0.4 is 10.6 Å². The van der Waals surface area contributed by atoms with Gasteiger partial charge in [0.2, 0.25) is 0 Å². The minimum Gasteiger partial charge on any atom is -0.355 e. The van der Waals surface area contributed by atoms with Crippen molar-refractivity contribution >= 4 is 5.96 Å². The summed E-state index contributed by atoms with van der Waals surface area (Å²) in [6.07, 6.45) is 0. The molecule has 1 aromatic heterocycles. The predicted molar refractivity (Wildman–Crippen MR) is 104 cm³/mol. The highest BCUT2D eigenvalue weighted by atomic mass is 15.3. The van der Waals surface area contributed by atoms with Gasteiger partial charge in [0.1, 0.15) is 0 Å². The van der Waals surface area contributed by atoms with E-state index < -0.39 is 0 Å². The average Bonchev–Trinajstić information content (AvgIpc) is 2.96. The van der Waals surface area contributed by atoms with Crippen molar-refractivity contribution in [2.45, 2.75) is 27.3 Å². The lowest BCUT2D eigenvalue weighted by Crippen LogP contribution is -2.40. The minimum absolute atomic E-state index is 0.692. The smallest absolute Gasteiger partial charge is 0.191 e. The third kappa shape index (κ3) is 5.32. The first-order chi connectivity index (χ1) is 12.0. The number of nitrogens with zero attached hydrogens (tertiary/aromatic N) is 4. The number of rotatable bonds is 7. The largest absolute Gasteiger partial charge is 0.355 e. The molecule has 0 spiro atoms. The van der Waals surface area contributed by atoms with Gasteiger partial charge in [0.15, 0.2) is 5.96 Å². The fourth-order valence-electron chi connectivity index (χ4n) is 2.66. The molecule has 0 fully saturated rings. The van der Waals surface area contributed by atoms with Crippen LogP contribution in [0, 0.1) is 13.8 Å². The van der Waals surface area contributed by atoms with Crippen LogP contribution in [0.1, 0.15) is 23.9 Å². The third-order valence-corrected chi connectivity index (χ3v) is 4.23. The first-order valence-electron chi connectivity index (χ1n) is 8.79. The maximum Gasteiger partial charge on any atom is 0.191 e. The first kappa shape index (κ1) is 19.0. The lowest BCUT2D eigenvalue weighted by atomic mass is 10.1. The fourth-order valence-corrected chi connectivity index (χ4v) is 2.66. The summed E-state index contributed by atoms with van der Waals surface area (Å²) in [4.78, 5) is 6.57. The molecular formula is C19H30N6. The zero-order valence-corrected chi connectivity index (χ0v) is 16.0. The van der Waals surface area contributed by atoms with Gasteiger partial charge >= 0.3 is 0 Å². The van der Waals surface area contributed by atoms with Gasteiger partial charge in [-0.05, 0) is 45.1 Å². The Morgan fingerprint density at radius 1 is 1.24 bits per heavy atom. The van der Waals surface area contributed by atoms with Gasteiger partial charge in [-0.1, -0.05) is 25.1 Å². The SMILES string of the molecule is CCN(C)CCNC(=NC)NCc1ccccc1-n1nc(C)cc1C. The van der Waals surface area contributed by atoms with E-state index in [1.165, 1.54) is 5.56 Å². The van der Waals surface area contributed by atoms with Crippen molar-refractivity contribution < 1.29 is 0 Å². The Morgan fingerprint density at radius 2 is 2.00 bits per heavy atom. The number of hydrogen-bond donors (Lipinski definition) is 2. The van der Waals surface area contributed by atoms with Crippen LogP contribution in [0.15, 0.2) is 35.3 Å². The Morgan fingerprint density at radius 3 is 2.64 bits per heavy atom. The number of aromatic nitrogens is 2. The number of hydrogen-bond acceptors (Lipinski definition) is 3. The molecular weight excluding hydrogens is 312 g/mol. The number of aliphatic imine (C=N–C) groups is 1. The number of aryl methyl sites for hydroxylation is 2. The maximum atomic E-state index is 4.60. The van der Waals surface area contributed by atoms with Gasteiger partial charge < -0.3 is 15.5 Å². The Labute approximate surface area is 151 Å². The van der Waals surface area contributed by atoms with E-state index in [0.717, 1.165) is 42.7 Å². The van der Waals surface area contributed by atoms with E-state index in [0.29, 0.717) is 6.54 Å². The van der Waals surface area contributed by atoms with Crippen LogP contribution in [-0.2, 0) is 6.54 Å². The van der Waals surface area contributed by atoms with Crippen LogP contribution in [0.3, 0.4) is 0 Å². The Kier molecular flexibility index (Phi) is 7.01. The standard InChI is InChI=1S/C19H30N6/c1-6-24(5)12-11-21-19(20-4)22-14-17-9-7-8-10-18(17)25-16(3)13-15(2)23-25/h7-10,13H,6,11-12,14H2,1-5H3,(H2,20,21,22). The summed E-state index contributed by atoms with van der Waals surface area (Å²) in [5.74, 6) is 0.813. The second kappa shape index (κ2) is 9.22. The molecule has 0 radical (unpaired) electrons. The summed E-state index contributed by atoms with van der Waals surface area (Å²) in [7, 11) is 3.91. The van der Waals surface area contributed by atoms with Crippen LogP contribution in [-0.4, -0.2) is 54.4 Å². The van der Waals surface area contributed by atoms with Crippen LogP contribution in [0.4, 0.5) is 0 Å². The highest BCUT2D eigenvalue weighted by Crippen LogP contribution is 2.16. The van der Waals surface area contributed by atoms with Crippen molar-refractivity contribution in [2.24, 2.45) is 4.99 Å². The summed E-state index contributed by atoms with van der Waals surface area (Å²) in [5, 5.41) is 11.4. The van der Waals surface area contributed by atoms with Gasteiger partial charge in [0.25, 0.3) is 0 Å². The highest BCUT2D eigenvalue weighted by molar-refractivity contribution is 5.79. The molecule has 0 unspecified atom stereocenters. The second-order valence-electron chi connectivity index (χ2n) is 6.22. The first-order valence-corrected chi connectivity index (χ1v) is 8.79. The molecule has 2 rings (SSSR count). The molecule has 0 saturated heterocycles. The summed E-state index contributed by atoms with van der Waals surface area (Å²) in [6.45, 7) is 9.84. The summed E-state index contributed by atoms with van der Waals surface area (Å²) in [5.41, 5.74) is 4.44. The molecule has 0 bridgehead atoms. The zero-order valence-electron chi connectivity index (χ0n) is 16.0. The topological polar surface area (TPSA) is 57.5 Å². The van der Waals surface area contributed by atoms with Crippen molar-refractivity contribution in [1.82, 2.24) is 25.3 Å². The molecule has 1 aromatic carbocycles. The molecule has 136 valence electrons. The molecule has 6 heteroatoms. The van der Waals surface area contributed by atoms with Gasteiger partial charge in [0.05, 0.1) is 11.4 Å². The van der Waals surface area contributed by atoms with Crippen molar-refractivity contribution in [2.75, 3.05) is 33.7 Å². The zero-order chi connectivity index (χ0) is 18.2. The quantitative estimate of drug-likeness (QED) is 0.598. The number of para-hydroxylation sites is 1. The van der Waals surface area contributed by atoms with Gasteiger partial charge in [-0.3, -0.25) is 4.99 Å². The Bertz CT molecular complexity index is 704. The monoisotopic (exact) mass is 342 g/mol. The Hall–Kier alpha value is -2.34. The summed E-state index contributed by atoms with van der Waals surface area (Å²) >= 11 is 0. The molecule has 0 aliphatic heterocycles. The normalized spacial score (nSPS) is 11.8. The summed E-state index contributed by atoms with van der Waals surface area (Å²) < 4.78 is 2.00. The molecule has 0 amide bonds. The van der Waals surface area contributed by atoms with E-state index in [4.69, 9.17) is 0 Å². The average molecular weight is 342 g/mol. The van der Waals surface area contributed by atoms with E-state index in [-0.39, 0.29) is 0 Å². The van der Waals surface area contributed by atoms with E-state index in [2.05, 4.69) is 70.8 Å². The molecule has 0 aliphatic carbocycles. The van der Waals surface area contributed by atoms with Gasteiger partial charge in [-0.15, -0.1) is 0 Å². The number of nitrogens with one attached hydrogen (secondary N) is 2. The number of likely N-dealkylation sites (N-methyl/N-ethyl adjacent to an activating group) is 1. The van der Waals surface area contributed by atoms with Crippen molar-refractivity contribution in [3.05, 3.63) is 47.3 Å². The van der Waals surface area contributed by atoms with E-state index >= 15 is 0 Å². The molecule has 1 heterocycles. The van der Waals surface area contributed by atoms with E-state index in [1.807, 2.05) is 17.7 Å². The molecule has 2 aromatic rings. The van der Waals surface area contributed by atoms with Crippen molar-refractivity contribution in [3.63, 3.8) is 0 Å². The molecule has 0 aliphatic rings. The van der Waals surface area contributed by atoms with Gasteiger partial charge in [0, 0.05) is 32.4 Å². The minimum atomic E-state index is 0.692. The number of guanidine groups is 1. The summed E-state index contributed by atoms with van der Waals surface area (Å²) in [6, 6.07) is 10.4. The lowest BCUT2D eigenvalue weighted by Gasteiger charge is -2.17.